The van der Waals surface area contributed by atoms with Gasteiger partial charge in [0.1, 0.15) is 0 Å². The van der Waals surface area contributed by atoms with E-state index in [1.165, 1.54) is 37.2 Å². The van der Waals surface area contributed by atoms with Gasteiger partial charge in [0.05, 0.1) is 56.4 Å². The summed E-state index contributed by atoms with van der Waals surface area (Å²) in [6.07, 6.45) is 1.70. The number of hydrogen-bond donors (Lipinski definition) is 0. The zero-order chi connectivity index (χ0) is 30.4. The van der Waals surface area contributed by atoms with Crippen LogP contribution in [-0.4, -0.2) is 57.7 Å². The van der Waals surface area contributed by atoms with Gasteiger partial charge in [0.2, 0.25) is 0 Å². The first-order valence-electron chi connectivity index (χ1n) is 13.1. The molecule has 4 rings (SSSR count). The second-order valence-electron chi connectivity index (χ2n) is 8.92. The van der Waals surface area contributed by atoms with E-state index >= 15 is 0 Å². The maximum Gasteiger partial charge on any atom is 0.344 e. The lowest BCUT2D eigenvalue weighted by Crippen LogP contribution is -2.39. The zero-order valence-electron chi connectivity index (χ0n) is 24.2. The summed E-state index contributed by atoms with van der Waals surface area (Å²) >= 11 is 1.19. The molecule has 0 bridgehead atoms. The molecule has 0 saturated heterocycles. The molecule has 11 nitrogen and oxygen atoms in total. The first kappa shape index (κ1) is 30.4. The van der Waals surface area contributed by atoms with Gasteiger partial charge in [0.15, 0.2) is 34.4 Å². The van der Waals surface area contributed by atoms with Crippen LogP contribution in [0.5, 0.6) is 23.0 Å². The molecule has 0 spiro atoms. The smallest absolute Gasteiger partial charge is 0.344 e. The number of carbonyl (C=O) groups is 2. The summed E-state index contributed by atoms with van der Waals surface area (Å²) in [6, 6.07) is 9.51. The summed E-state index contributed by atoms with van der Waals surface area (Å²) < 4.78 is 34.0. The van der Waals surface area contributed by atoms with Gasteiger partial charge in [-0.3, -0.25) is 9.36 Å². The third kappa shape index (κ3) is 6.18. The van der Waals surface area contributed by atoms with Gasteiger partial charge in [-0.05, 0) is 62.2 Å². The van der Waals surface area contributed by atoms with Crippen LogP contribution in [-0.2, 0) is 19.1 Å². The number of rotatable bonds is 11. The van der Waals surface area contributed by atoms with Crippen molar-refractivity contribution in [3.63, 3.8) is 0 Å². The topological polar surface area (TPSA) is 124 Å². The number of thiazole rings is 1. The fourth-order valence-corrected chi connectivity index (χ4v) is 5.56. The van der Waals surface area contributed by atoms with E-state index in [0.29, 0.717) is 49.2 Å². The van der Waals surface area contributed by atoms with Gasteiger partial charge in [-0.25, -0.2) is 14.6 Å². The number of methoxy groups -OCH3 is 3. The molecule has 42 heavy (non-hydrogen) atoms. The fourth-order valence-electron chi connectivity index (χ4n) is 4.51. The number of carbonyl (C=O) groups excluding carboxylic acids is 2. The van der Waals surface area contributed by atoms with Crippen molar-refractivity contribution >= 4 is 29.4 Å². The summed E-state index contributed by atoms with van der Waals surface area (Å²) in [4.78, 5) is 43.8. The van der Waals surface area contributed by atoms with E-state index in [4.69, 9.17) is 28.4 Å². The lowest BCUT2D eigenvalue weighted by atomic mass is 9.95. The second-order valence-corrected chi connectivity index (χ2v) is 9.93. The highest BCUT2D eigenvalue weighted by molar-refractivity contribution is 7.07. The standard InChI is InChI=1S/C30H32N2O9S/c1-7-39-25(33)16-41-21-11-9-18(13-22(21)37-5)14-24-28(34)32-27(19-10-12-20(36-4)23(15-19)38-6)26(29(35)40-8-2)17(3)31-30(32)42-24/h9-15,27H,7-8,16H2,1-6H3/b24-14-/t27-/m0/s1. The minimum Gasteiger partial charge on any atom is -0.493 e. The van der Waals surface area contributed by atoms with Gasteiger partial charge >= 0.3 is 11.9 Å². The van der Waals surface area contributed by atoms with Crippen LogP contribution in [0.15, 0.2) is 57.5 Å². The molecular formula is C30H32N2O9S. The average Bonchev–Trinajstić information content (AvgIpc) is 3.29. The molecule has 1 aliphatic heterocycles. The molecule has 0 radical (unpaired) electrons. The van der Waals surface area contributed by atoms with Crippen LogP contribution in [0.25, 0.3) is 6.08 Å². The van der Waals surface area contributed by atoms with Gasteiger partial charge in [-0.15, -0.1) is 0 Å². The molecule has 0 fully saturated rings. The van der Waals surface area contributed by atoms with E-state index in [0.717, 1.165) is 0 Å². The molecule has 0 aliphatic carbocycles. The van der Waals surface area contributed by atoms with Crippen LogP contribution in [0.2, 0.25) is 0 Å². The molecule has 0 amide bonds. The number of benzene rings is 2. The minimum atomic E-state index is -0.810. The van der Waals surface area contributed by atoms with Crippen molar-refractivity contribution in [3.8, 4) is 23.0 Å². The lowest BCUT2D eigenvalue weighted by molar-refractivity contribution is -0.145. The molecule has 2 aromatic carbocycles. The zero-order valence-corrected chi connectivity index (χ0v) is 25.0. The van der Waals surface area contributed by atoms with E-state index in [-0.39, 0.29) is 31.0 Å². The summed E-state index contributed by atoms with van der Waals surface area (Å²) in [6.45, 7) is 5.31. The van der Waals surface area contributed by atoms with Crippen LogP contribution in [0, 0.1) is 0 Å². The van der Waals surface area contributed by atoms with Crippen LogP contribution in [0.3, 0.4) is 0 Å². The highest BCUT2D eigenvalue weighted by atomic mass is 32.1. The predicted octanol–water partition coefficient (Wildman–Crippen LogP) is 2.77. The number of hydrogen-bond acceptors (Lipinski definition) is 11. The van der Waals surface area contributed by atoms with Gasteiger partial charge in [0, 0.05) is 0 Å². The largest absolute Gasteiger partial charge is 0.493 e. The third-order valence-corrected chi connectivity index (χ3v) is 7.36. The van der Waals surface area contributed by atoms with Crippen molar-refractivity contribution in [2.75, 3.05) is 41.2 Å². The quantitative estimate of drug-likeness (QED) is 0.308. The van der Waals surface area contributed by atoms with Gasteiger partial charge in [0.25, 0.3) is 5.56 Å². The molecule has 12 heteroatoms. The number of ether oxygens (including phenoxy) is 6. The van der Waals surface area contributed by atoms with E-state index in [1.807, 2.05) is 0 Å². The normalized spacial score (nSPS) is 14.5. The number of nitrogens with zero attached hydrogens (tertiary/aromatic N) is 2. The van der Waals surface area contributed by atoms with E-state index in [9.17, 15) is 14.4 Å². The second kappa shape index (κ2) is 13.4. The third-order valence-electron chi connectivity index (χ3n) is 6.38. The number of allylic oxidation sites excluding steroid dienone is 1. The number of esters is 2. The van der Waals surface area contributed by atoms with Crippen LogP contribution >= 0.6 is 11.3 Å². The Balaban J connectivity index is 1.82. The first-order valence-corrected chi connectivity index (χ1v) is 14.0. The summed E-state index contributed by atoms with van der Waals surface area (Å²) in [5, 5.41) is 0. The van der Waals surface area contributed by atoms with Crippen LogP contribution in [0.1, 0.15) is 37.9 Å². The Hall–Kier alpha value is -4.58. The van der Waals surface area contributed by atoms with Crippen molar-refractivity contribution in [1.29, 1.82) is 0 Å². The number of aromatic nitrogens is 1. The molecule has 0 N–H and O–H groups in total. The summed E-state index contributed by atoms with van der Waals surface area (Å²) in [7, 11) is 4.53. The molecule has 0 unspecified atom stereocenters. The van der Waals surface area contributed by atoms with E-state index in [2.05, 4.69) is 4.99 Å². The van der Waals surface area contributed by atoms with Crippen LogP contribution in [0.4, 0.5) is 0 Å². The maximum atomic E-state index is 13.9. The Kier molecular flexibility index (Phi) is 9.68. The van der Waals surface area contributed by atoms with E-state index < -0.39 is 18.0 Å². The lowest BCUT2D eigenvalue weighted by Gasteiger charge is -2.25. The van der Waals surface area contributed by atoms with Crippen LogP contribution < -0.4 is 33.8 Å². The first-order chi connectivity index (χ1) is 20.3. The summed E-state index contributed by atoms with van der Waals surface area (Å²) in [5.41, 5.74) is 1.65. The van der Waals surface area contributed by atoms with Gasteiger partial charge < -0.3 is 28.4 Å². The molecule has 1 atom stereocenters. The molecule has 222 valence electrons. The van der Waals surface area contributed by atoms with Crippen molar-refractivity contribution < 1.29 is 38.0 Å². The highest BCUT2D eigenvalue weighted by Crippen LogP contribution is 2.36. The Morgan fingerprint density at radius 2 is 1.60 bits per heavy atom. The van der Waals surface area contributed by atoms with Crippen molar-refractivity contribution in [2.24, 2.45) is 4.99 Å². The van der Waals surface area contributed by atoms with Gasteiger partial charge in [-0.2, -0.15) is 0 Å². The fraction of sp³-hybridized carbons (Fsp3) is 0.333. The van der Waals surface area contributed by atoms with Gasteiger partial charge in [-0.1, -0.05) is 23.5 Å². The molecule has 3 aromatic rings. The maximum absolute atomic E-state index is 13.9. The average molecular weight is 597 g/mol. The van der Waals surface area contributed by atoms with Crippen molar-refractivity contribution in [1.82, 2.24) is 4.57 Å². The molecule has 1 aromatic heterocycles. The van der Waals surface area contributed by atoms with Crippen molar-refractivity contribution in [2.45, 2.75) is 26.8 Å². The molecule has 2 heterocycles. The minimum absolute atomic E-state index is 0.167. The SMILES string of the molecule is CCOC(=O)COc1ccc(/C=c2\sc3n(c2=O)[C@@H](c2ccc(OC)c(OC)c2)C(C(=O)OCC)=C(C)N=3)cc1OC. The molecular weight excluding hydrogens is 564 g/mol. The monoisotopic (exact) mass is 596 g/mol. The Bertz CT molecular complexity index is 1700. The molecule has 1 aliphatic rings. The number of fused-ring (bicyclic) bond motifs is 1. The Labute approximate surface area is 246 Å². The predicted molar refractivity (Wildman–Crippen MR) is 155 cm³/mol. The summed E-state index contributed by atoms with van der Waals surface area (Å²) in [5.74, 6) is 0.641. The molecule has 0 saturated carbocycles. The highest BCUT2D eigenvalue weighted by Gasteiger charge is 2.34. The van der Waals surface area contributed by atoms with Crippen molar-refractivity contribution in [3.05, 3.63) is 78.5 Å². The van der Waals surface area contributed by atoms with E-state index in [1.54, 1.807) is 63.2 Å². The Morgan fingerprint density at radius 1 is 0.929 bits per heavy atom. The Morgan fingerprint density at radius 3 is 2.26 bits per heavy atom.